The molecule has 0 aromatic rings. The van der Waals surface area contributed by atoms with Crippen LogP contribution in [0.15, 0.2) is 0 Å². The van der Waals surface area contributed by atoms with Crippen molar-refractivity contribution < 1.29 is 20.4 Å². The van der Waals surface area contributed by atoms with E-state index in [-0.39, 0.29) is 25.4 Å². The maximum absolute atomic E-state index is 9.73. The summed E-state index contributed by atoms with van der Waals surface area (Å²) in [5.74, 6) is 0. The van der Waals surface area contributed by atoms with Crippen molar-refractivity contribution >= 4 is 0 Å². The van der Waals surface area contributed by atoms with E-state index in [0.29, 0.717) is 0 Å². The van der Waals surface area contributed by atoms with Crippen LogP contribution in [0.1, 0.15) is 70.6 Å². The highest BCUT2D eigenvalue weighted by Crippen LogP contribution is 2.13. The zero-order chi connectivity index (χ0) is 14.3. The lowest BCUT2D eigenvalue weighted by Crippen LogP contribution is -2.09. The zero-order valence-corrected chi connectivity index (χ0v) is 12.1. The average Bonchev–Trinajstić information content (AvgIpc) is 2.40. The number of hydrogen-bond acceptors (Lipinski definition) is 4. The fraction of sp³-hybridized carbons (Fsp3) is 1.00. The summed E-state index contributed by atoms with van der Waals surface area (Å²) in [4.78, 5) is 0. The van der Waals surface area contributed by atoms with Crippen LogP contribution in [-0.4, -0.2) is 45.8 Å². The summed E-state index contributed by atoms with van der Waals surface area (Å²) in [6.45, 7) is 0.444. The fourth-order valence-electron chi connectivity index (χ4n) is 2.21. The van der Waals surface area contributed by atoms with Crippen LogP contribution in [0.3, 0.4) is 0 Å². The Morgan fingerprint density at radius 1 is 0.474 bits per heavy atom. The van der Waals surface area contributed by atoms with E-state index in [1.54, 1.807) is 0 Å². The molecule has 0 aliphatic carbocycles. The molecular formula is C15H32O4. The lowest BCUT2D eigenvalue weighted by Gasteiger charge is -2.12. The van der Waals surface area contributed by atoms with Gasteiger partial charge in [0, 0.05) is 13.2 Å². The molecule has 0 spiro atoms. The van der Waals surface area contributed by atoms with Crippen molar-refractivity contribution in [3.05, 3.63) is 0 Å². The molecule has 4 heteroatoms. The summed E-state index contributed by atoms with van der Waals surface area (Å²) in [7, 11) is 0. The third-order valence-corrected chi connectivity index (χ3v) is 3.47. The van der Waals surface area contributed by atoms with E-state index in [2.05, 4.69) is 0 Å². The normalized spacial score (nSPS) is 14.5. The van der Waals surface area contributed by atoms with Gasteiger partial charge in [0.15, 0.2) is 0 Å². The van der Waals surface area contributed by atoms with Gasteiger partial charge in [-0.15, -0.1) is 0 Å². The molecule has 2 atom stereocenters. The van der Waals surface area contributed by atoms with Crippen molar-refractivity contribution in [1.82, 2.24) is 0 Å². The van der Waals surface area contributed by atoms with Gasteiger partial charge in [-0.1, -0.05) is 25.7 Å². The number of aliphatic hydroxyl groups is 4. The van der Waals surface area contributed by atoms with Crippen LogP contribution in [-0.2, 0) is 0 Å². The highest BCUT2D eigenvalue weighted by atomic mass is 16.3. The second-order valence-electron chi connectivity index (χ2n) is 5.38. The molecule has 0 fully saturated rings. The largest absolute Gasteiger partial charge is 0.396 e. The molecule has 0 saturated heterocycles. The Morgan fingerprint density at radius 3 is 1.21 bits per heavy atom. The predicted octanol–water partition coefficient (Wildman–Crippen LogP) is 1.98. The van der Waals surface area contributed by atoms with Crippen LogP contribution in [0.5, 0.6) is 0 Å². The Balaban J connectivity index is 3.27. The summed E-state index contributed by atoms with van der Waals surface area (Å²) in [6, 6.07) is 0. The van der Waals surface area contributed by atoms with Crippen LogP contribution < -0.4 is 0 Å². The van der Waals surface area contributed by atoms with Gasteiger partial charge in [-0.25, -0.2) is 0 Å². The highest BCUT2D eigenvalue weighted by molar-refractivity contribution is 4.60. The predicted molar refractivity (Wildman–Crippen MR) is 77.0 cm³/mol. The molecule has 2 unspecified atom stereocenters. The molecule has 0 aliphatic heterocycles. The maximum Gasteiger partial charge on any atom is 0.0540 e. The number of rotatable bonds is 14. The molecule has 0 aliphatic rings. The number of hydrogen-bond donors (Lipinski definition) is 4. The van der Waals surface area contributed by atoms with Gasteiger partial charge in [0.05, 0.1) is 12.2 Å². The number of aliphatic hydroxyl groups excluding tert-OH is 4. The van der Waals surface area contributed by atoms with Crippen LogP contribution in [0.2, 0.25) is 0 Å². The van der Waals surface area contributed by atoms with Crippen molar-refractivity contribution in [1.29, 1.82) is 0 Å². The molecular weight excluding hydrogens is 244 g/mol. The van der Waals surface area contributed by atoms with E-state index < -0.39 is 0 Å². The summed E-state index contributed by atoms with van der Waals surface area (Å²) in [5.41, 5.74) is 0. The van der Waals surface area contributed by atoms with E-state index in [1.165, 1.54) is 0 Å². The minimum Gasteiger partial charge on any atom is -0.396 e. The van der Waals surface area contributed by atoms with Crippen molar-refractivity contribution in [2.24, 2.45) is 0 Å². The minimum atomic E-state index is -0.256. The van der Waals surface area contributed by atoms with E-state index in [9.17, 15) is 10.2 Å². The Kier molecular flexibility index (Phi) is 14.1. The second-order valence-corrected chi connectivity index (χ2v) is 5.38. The van der Waals surface area contributed by atoms with E-state index >= 15 is 0 Å². The fourth-order valence-corrected chi connectivity index (χ4v) is 2.21. The monoisotopic (exact) mass is 276 g/mol. The Morgan fingerprint density at radius 2 is 0.789 bits per heavy atom. The molecule has 0 aromatic carbocycles. The van der Waals surface area contributed by atoms with Crippen LogP contribution in [0.4, 0.5) is 0 Å². The van der Waals surface area contributed by atoms with Gasteiger partial charge in [0.25, 0.3) is 0 Å². The first kappa shape index (κ1) is 18.8. The van der Waals surface area contributed by atoms with Gasteiger partial charge in [0.2, 0.25) is 0 Å². The quantitative estimate of drug-likeness (QED) is 0.366. The second kappa shape index (κ2) is 14.3. The molecule has 0 saturated carbocycles. The SMILES string of the molecule is OCCCCCC(O)CCCCC(O)CCCCO. The lowest BCUT2D eigenvalue weighted by atomic mass is 10.0. The molecule has 116 valence electrons. The molecule has 0 amide bonds. The molecule has 0 bridgehead atoms. The van der Waals surface area contributed by atoms with Gasteiger partial charge in [-0.2, -0.15) is 0 Å². The average molecular weight is 276 g/mol. The Hall–Kier alpha value is -0.160. The molecule has 0 aromatic heterocycles. The van der Waals surface area contributed by atoms with Gasteiger partial charge in [-0.3, -0.25) is 0 Å². The summed E-state index contributed by atoms with van der Waals surface area (Å²) >= 11 is 0. The maximum atomic E-state index is 9.73. The van der Waals surface area contributed by atoms with Crippen molar-refractivity contribution in [2.45, 2.75) is 82.8 Å². The Labute approximate surface area is 117 Å². The molecule has 0 heterocycles. The first-order valence-electron chi connectivity index (χ1n) is 7.78. The number of unbranched alkanes of at least 4 members (excludes halogenated alkanes) is 4. The zero-order valence-electron chi connectivity index (χ0n) is 12.1. The molecule has 19 heavy (non-hydrogen) atoms. The van der Waals surface area contributed by atoms with Gasteiger partial charge in [-0.05, 0) is 44.9 Å². The van der Waals surface area contributed by atoms with Gasteiger partial charge in [0.1, 0.15) is 0 Å². The van der Waals surface area contributed by atoms with Crippen molar-refractivity contribution in [2.75, 3.05) is 13.2 Å². The molecule has 0 rings (SSSR count). The van der Waals surface area contributed by atoms with Crippen molar-refractivity contribution in [3.63, 3.8) is 0 Å². The first-order chi connectivity index (χ1) is 9.20. The van der Waals surface area contributed by atoms with E-state index in [1.807, 2.05) is 0 Å². The standard InChI is InChI=1S/C15H32O4/c16-12-6-1-2-8-14(18)9-3-4-10-15(19)11-5-7-13-17/h14-19H,1-13H2. The third kappa shape index (κ3) is 14.1. The minimum absolute atomic E-state index is 0.204. The van der Waals surface area contributed by atoms with Gasteiger partial charge < -0.3 is 20.4 Å². The van der Waals surface area contributed by atoms with E-state index in [4.69, 9.17) is 10.2 Å². The van der Waals surface area contributed by atoms with Crippen LogP contribution in [0, 0.1) is 0 Å². The van der Waals surface area contributed by atoms with Crippen LogP contribution in [0.25, 0.3) is 0 Å². The van der Waals surface area contributed by atoms with E-state index in [0.717, 1.165) is 70.6 Å². The summed E-state index contributed by atoms with van der Waals surface area (Å²) < 4.78 is 0. The Bertz CT molecular complexity index is 176. The molecule has 0 radical (unpaired) electrons. The highest BCUT2D eigenvalue weighted by Gasteiger charge is 2.06. The van der Waals surface area contributed by atoms with Crippen molar-refractivity contribution in [3.8, 4) is 0 Å². The molecule has 4 N–H and O–H groups in total. The third-order valence-electron chi connectivity index (χ3n) is 3.47. The van der Waals surface area contributed by atoms with Gasteiger partial charge >= 0.3 is 0 Å². The lowest BCUT2D eigenvalue weighted by molar-refractivity contribution is 0.130. The van der Waals surface area contributed by atoms with Crippen LogP contribution >= 0.6 is 0 Å². The first-order valence-corrected chi connectivity index (χ1v) is 7.78. The summed E-state index contributed by atoms with van der Waals surface area (Å²) in [6.07, 6.45) is 9.05. The molecule has 4 nitrogen and oxygen atoms in total. The smallest absolute Gasteiger partial charge is 0.0540 e. The topological polar surface area (TPSA) is 80.9 Å². The summed E-state index contributed by atoms with van der Waals surface area (Å²) in [5, 5.41) is 36.7.